The molecule has 6 heteroatoms. The van der Waals surface area contributed by atoms with E-state index in [0.29, 0.717) is 0 Å². The van der Waals surface area contributed by atoms with E-state index in [1.807, 2.05) is 19.9 Å². The summed E-state index contributed by atoms with van der Waals surface area (Å²) in [6, 6.07) is 0. The Morgan fingerprint density at radius 3 is 2.75 bits per heavy atom. The number of fused-ring (bicyclic) bond motifs is 6. The SMILES string of the molecule is COC(=O)[C@]1(O)C=C[C@@H]2[C@H]3O[C@@H]4OC(C)(C)O[C@@H]4[C@H]3[C@@H]21. The zero-order valence-corrected chi connectivity index (χ0v) is 11.6. The highest BCUT2D eigenvalue weighted by molar-refractivity contribution is 5.83. The van der Waals surface area contributed by atoms with Crippen molar-refractivity contribution in [2.24, 2.45) is 17.8 Å². The summed E-state index contributed by atoms with van der Waals surface area (Å²) in [5, 5.41) is 10.6. The van der Waals surface area contributed by atoms with Crippen LogP contribution in [0.25, 0.3) is 0 Å². The number of aliphatic hydroxyl groups is 1. The van der Waals surface area contributed by atoms with Crippen molar-refractivity contribution in [3.63, 3.8) is 0 Å². The minimum Gasteiger partial charge on any atom is -0.467 e. The molecule has 0 aromatic carbocycles. The summed E-state index contributed by atoms with van der Waals surface area (Å²) in [6.07, 6.45) is 2.66. The van der Waals surface area contributed by atoms with Crippen LogP contribution in [0.3, 0.4) is 0 Å². The molecule has 110 valence electrons. The average molecular weight is 282 g/mol. The van der Waals surface area contributed by atoms with Crippen LogP contribution in [0.15, 0.2) is 12.2 Å². The van der Waals surface area contributed by atoms with Gasteiger partial charge in [-0.25, -0.2) is 4.79 Å². The Labute approximate surface area is 116 Å². The van der Waals surface area contributed by atoms with E-state index in [2.05, 4.69) is 0 Å². The van der Waals surface area contributed by atoms with Crippen LogP contribution in [0.1, 0.15) is 13.8 Å². The highest BCUT2D eigenvalue weighted by Gasteiger charge is 2.72. The van der Waals surface area contributed by atoms with Crippen molar-refractivity contribution >= 4 is 5.97 Å². The third kappa shape index (κ3) is 1.35. The summed E-state index contributed by atoms with van der Waals surface area (Å²) >= 11 is 0. The summed E-state index contributed by atoms with van der Waals surface area (Å²) in [5.74, 6) is -1.61. The van der Waals surface area contributed by atoms with Crippen LogP contribution in [0.5, 0.6) is 0 Å². The van der Waals surface area contributed by atoms with Crippen molar-refractivity contribution in [2.75, 3.05) is 7.11 Å². The van der Waals surface area contributed by atoms with E-state index in [1.165, 1.54) is 13.2 Å². The third-order valence-corrected chi connectivity index (χ3v) is 4.94. The lowest BCUT2D eigenvalue weighted by molar-refractivity contribution is -0.245. The summed E-state index contributed by atoms with van der Waals surface area (Å²) in [6.45, 7) is 3.67. The number of esters is 1. The minimum absolute atomic E-state index is 0.0185. The van der Waals surface area contributed by atoms with Gasteiger partial charge in [-0.15, -0.1) is 0 Å². The lowest BCUT2D eigenvalue weighted by Gasteiger charge is -2.49. The van der Waals surface area contributed by atoms with Crippen molar-refractivity contribution in [1.29, 1.82) is 0 Å². The molecule has 2 heterocycles. The molecule has 0 unspecified atom stereocenters. The summed E-state index contributed by atoms with van der Waals surface area (Å²) < 4.78 is 22.2. The van der Waals surface area contributed by atoms with Gasteiger partial charge in [0.25, 0.3) is 0 Å². The van der Waals surface area contributed by atoms with Crippen molar-refractivity contribution < 1.29 is 28.8 Å². The first kappa shape index (κ1) is 12.8. The molecule has 1 saturated carbocycles. The number of rotatable bonds is 1. The first-order valence-electron chi connectivity index (χ1n) is 6.89. The van der Waals surface area contributed by atoms with Crippen LogP contribution in [0.4, 0.5) is 0 Å². The molecule has 7 atom stereocenters. The second-order valence-electron chi connectivity index (χ2n) is 6.43. The Morgan fingerprint density at radius 1 is 1.30 bits per heavy atom. The molecule has 4 rings (SSSR count). The lowest BCUT2D eigenvalue weighted by atomic mass is 9.58. The smallest absolute Gasteiger partial charge is 0.342 e. The maximum absolute atomic E-state index is 11.9. The quantitative estimate of drug-likeness (QED) is 0.547. The van der Waals surface area contributed by atoms with Crippen molar-refractivity contribution in [2.45, 2.75) is 43.7 Å². The maximum atomic E-state index is 11.9. The van der Waals surface area contributed by atoms with E-state index in [9.17, 15) is 9.90 Å². The molecule has 0 bridgehead atoms. The van der Waals surface area contributed by atoms with Crippen LogP contribution in [0.2, 0.25) is 0 Å². The molecule has 2 aliphatic heterocycles. The van der Waals surface area contributed by atoms with E-state index in [-0.39, 0.29) is 30.0 Å². The minimum atomic E-state index is -1.57. The van der Waals surface area contributed by atoms with E-state index in [4.69, 9.17) is 18.9 Å². The molecule has 20 heavy (non-hydrogen) atoms. The second kappa shape index (κ2) is 3.62. The van der Waals surface area contributed by atoms with Crippen molar-refractivity contribution in [1.82, 2.24) is 0 Å². The van der Waals surface area contributed by atoms with Gasteiger partial charge in [-0.05, 0) is 19.9 Å². The van der Waals surface area contributed by atoms with Gasteiger partial charge in [0.15, 0.2) is 17.7 Å². The van der Waals surface area contributed by atoms with Gasteiger partial charge in [-0.2, -0.15) is 0 Å². The molecule has 2 saturated heterocycles. The Balaban J connectivity index is 1.63. The first-order chi connectivity index (χ1) is 9.37. The Kier molecular flexibility index (Phi) is 2.31. The number of hydrogen-bond acceptors (Lipinski definition) is 6. The second-order valence-corrected chi connectivity index (χ2v) is 6.43. The average Bonchev–Trinajstić information content (AvgIpc) is 2.90. The van der Waals surface area contributed by atoms with Gasteiger partial charge in [0, 0.05) is 17.8 Å². The topological polar surface area (TPSA) is 74.2 Å². The molecule has 0 amide bonds. The fourth-order valence-electron chi connectivity index (χ4n) is 4.18. The molecular weight excluding hydrogens is 264 g/mol. The predicted octanol–water partition coefficient (Wildman–Crippen LogP) is 0.199. The monoisotopic (exact) mass is 282 g/mol. The van der Waals surface area contributed by atoms with Gasteiger partial charge < -0.3 is 24.1 Å². The zero-order chi connectivity index (χ0) is 14.3. The van der Waals surface area contributed by atoms with Gasteiger partial charge in [0.05, 0.1) is 13.2 Å². The maximum Gasteiger partial charge on any atom is 0.342 e. The molecule has 0 aromatic heterocycles. The van der Waals surface area contributed by atoms with Crippen LogP contribution < -0.4 is 0 Å². The first-order valence-corrected chi connectivity index (χ1v) is 6.89. The van der Waals surface area contributed by atoms with Gasteiger partial charge in [0.2, 0.25) is 0 Å². The number of ether oxygens (including phenoxy) is 4. The predicted molar refractivity (Wildman–Crippen MR) is 65.3 cm³/mol. The molecule has 0 spiro atoms. The van der Waals surface area contributed by atoms with Crippen LogP contribution in [-0.4, -0.2) is 48.1 Å². The normalized spacial score (nSPS) is 54.0. The number of carbonyl (C=O) groups is 1. The van der Waals surface area contributed by atoms with Crippen molar-refractivity contribution in [3.8, 4) is 0 Å². The summed E-state index contributed by atoms with van der Waals surface area (Å²) in [7, 11) is 1.28. The number of hydrogen-bond donors (Lipinski definition) is 1. The fraction of sp³-hybridized carbons (Fsp3) is 0.786. The van der Waals surface area contributed by atoms with E-state index in [0.717, 1.165) is 0 Å². The Hall–Kier alpha value is -0.950. The highest BCUT2D eigenvalue weighted by atomic mass is 16.8. The fourth-order valence-corrected chi connectivity index (χ4v) is 4.18. The molecule has 6 nitrogen and oxygen atoms in total. The van der Waals surface area contributed by atoms with E-state index < -0.39 is 23.6 Å². The molecular formula is C14H18O6. The van der Waals surface area contributed by atoms with Crippen LogP contribution >= 0.6 is 0 Å². The number of methoxy groups -OCH3 is 1. The molecule has 2 aliphatic carbocycles. The van der Waals surface area contributed by atoms with E-state index in [1.54, 1.807) is 0 Å². The van der Waals surface area contributed by atoms with Gasteiger partial charge in [-0.1, -0.05) is 6.08 Å². The van der Waals surface area contributed by atoms with Crippen LogP contribution in [0, 0.1) is 17.8 Å². The molecule has 1 N–H and O–H groups in total. The Morgan fingerprint density at radius 2 is 2.05 bits per heavy atom. The standard InChI is InChI=1S/C14H18O6/c1-13(2)19-10-7-8-6(9(7)18-11(10)20-13)4-5-14(8,16)12(15)17-3/h4-11,16H,1-3H3/t6-,7-,8+,9+,10+,11+,14-/m0/s1. The lowest BCUT2D eigenvalue weighted by Crippen LogP contribution is -2.61. The third-order valence-electron chi connectivity index (χ3n) is 4.94. The van der Waals surface area contributed by atoms with Crippen LogP contribution in [-0.2, 0) is 23.7 Å². The van der Waals surface area contributed by atoms with Gasteiger partial charge in [0.1, 0.15) is 6.10 Å². The molecule has 0 aromatic rings. The molecule has 3 fully saturated rings. The largest absolute Gasteiger partial charge is 0.467 e. The number of carbonyl (C=O) groups excluding carboxylic acids is 1. The zero-order valence-electron chi connectivity index (χ0n) is 11.6. The van der Waals surface area contributed by atoms with E-state index >= 15 is 0 Å². The van der Waals surface area contributed by atoms with Gasteiger partial charge in [-0.3, -0.25) is 0 Å². The van der Waals surface area contributed by atoms with Crippen molar-refractivity contribution in [3.05, 3.63) is 12.2 Å². The Bertz CT molecular complexity index is 500. The molecule has 4 aliphatic rings. The van der Waals surface area contributed by atoms with Gasteiger partial charge >= 0.3 is 5.97 Å². The highest BCUT2D eigenvalue weighted by Crippen LogP contribution is 2.61. The summed E-state index contributed by atoms with van der Waals surface area (Å²) in [5.41, 5.74) is -1.57. The molecule has 0 radical (unpaired) electrons. The summed E-state index contributed by atoms with van der Waals surface area (Å²) in [4.78, 5) is 11.9.